The van der Waals surface area contributed by atoms with Crippen LogP contribution in [0.2, 0.25) is 0 Å². The third kappa shape index (κ3) is 17.0. The number of benzene rings is 1. The smallest absolute Gasteiger partial charge is 0.251 e. The van der Waals surface area contributed by atoms with Gasteiger partial charge in [-0.05, 0) is 37.5 Å². The fourth-order valence-corrected chi connectivity index (χ4v) is 9.71. The molecule has 4 heterocycles. The third-order valence-electron chi connectivity index (χ3n) is 13.4. The standard InChI is InChI=1S/C48H78N4O22S/c1-5-6-7-8-9-10-11-12-13-17-66-27-16-14-15-26(18-27)44(64)52-33-37(60)36(59)28(19-53)69-46(33)72-41-29(20-54)70-47(34(39(41)62)50-24(3)57)73-42-30(21-55)71-48(35(40(42)63)51-25(4)58)74-43-31(22-67-75)68-45(65)32(38(43)61)49-23(2)56/h14-16,18,28-43,45-48,53-55,59-63,65,75H,5-13,17,19-22H2,1-4H3,(H,49,56)(H,50,57)(H,51,58)(H,52,64)/t28?,29?,30?,31?,32?,33-,34?,35?,36?,37?,38?,39?,40?,41?,42?,43?,45?,46?,47?,48?/m0/s1. The molecule has 1 aromatic carbocycles. The number of thiol groups is 1. The van der Waals surface area contributed by atoms with Gasteiger partial charge in [0.1, 0.15) is 103 Å². The van der Waals surface area contributed by atoms with Gasteiger partial charge in [0.2, 0.25) is 17.7 Å². The lowest BCUT2D eigenvalue weighted by molar-refractivity contribution is -0.361. The quantitative estimate of drug-likeness (QED) is 0.0236. The Hall–Kier alpha value is -3.43. The van der Waals surface area contributed by atoms with E-state index in [0.29, 0.717) is 12.4 Å². The van der Waals surface area contributed by atoms with E-state index in [1.807, 2.05) is 0 Å². The number of aliphatic hydroxyl groups excluding tert-OH is 9. The molecule has 13 N–H and O–H groups in total. The lowest BCUT2D eigenvalue weighted by Gasteiger charge is -2.51. The highest BCUT2D eigenvalue weighted by molar-refractivity contribution is 7.75. The summed E-state index contributed by atoms with van der Waals surface area (Å²) >= 11 is 3.73. The van der Waals surface area contributed by atoms with E-state index in [-0.39, 0.29) is 5.56 Å². The summed E-state index contributed by atoms with van der Waals surface area (Å²) in [7, 11) is 0. The van der Waals surface area contributed by atoms with Crippen molar-refractivity contribution in [2.45, 2.75) is 208 Å². The molecule has 4 saturated heterocycles. The number of amides is 4. The zero-order valence-corrected chi connectivity index (χ0v) is 43.4. The van der Waals surface area contributed by atoms with E-state index < -0.39 is 173 Å². The number of rotatable bonds is 27. The highest BCUT2D eigenvalue weighted by Crippen LogP contribution is 2.35. The third-order valence-corrected chi connectivity index (χ3v) is 13.6. The van der Waals surface area contributed by atoms with Gasteiger partial charge in [0, 0.05) is 26.3 Å². The molecule has 4 aliphatic heterocycles. The number of ether oxygens (including phenoxy) is 8. The van der Waals surface area contributed by atoms with Gasteiger partial charge >= 0.3 is 0 Å². The molecule has 27 heteroatoms. The van der Waals surface area contributed by atoms with Crippen LogP contribution in [0.25, 0.3) is 0 Å². The number of unbranched alkanes of at least 4 members (excludes halogenated alkanes) is 8. The summed E-state index contributed by atoms with van der Waals surface area (Å²) in [6, 6.07) is -0.0419. The second kappa shape index (κ2) is 30.6. The molecule has 19 unspecified atom stereocenters. The van der Waals surface area contributed by atoms with E-state index in [1.54, 1.807) is 12.1 Å². The minimum atomic E-state index is -1.93. The molecular formula is C48H78N4O22S. The Balaban J connectivity index is 1.32. The van der Waals surface area contributed by atoms with Gasteiger partial charge in [0.15, 0.2) is 25.2 Å². The van der Waals surface area contributed by atoms with Crippen LogP contribution in [-0.4, -0.2) is 225 Å². The van der Waals surface area contributed by atoms with E-state index >= 15 is 0 Å². The number of carbonyl (C=O) groups is 4. The van der Waals surface area contributed by atoms with Crippen molar-refractivity contribution in [1.29, 1.82) is 0 Å². The first-order chi connectivity index (χ1) is 35.9. The van der Waals surface area contributed by atoms with Crippen molar-refractivity contribution in [3.63, 3.8) is 0 Å². The maximum atomic E-state index is 13.8. The number of aliphatic hydroxyl groups is 9. The van der Waals surface area contributed by atoms with Crippen LogP contribution in [0.15, 0.2) is 24.3 Å². The largest absolute Gasteiger partial charge is 0.494 e. The fourth-order valence-electron chi connectivity index (χ4n) is 9.56. The molecule has 0 bridgehead atoms. The summed E-state index contributed by atoms with van der Waals surface area (Å²) < 4.78 is 52.7. The molecule has 1 aromatic rings. The van der Waals surface area contributed by atoms with Crippen LogP contribution >= 0.6 is 12.9 Å². The van der Waals surface area contributed by atoms with Crippen LogP contribution in [0, 0.1) is 0 Å². The second-order valence-corrected chi connectivity index (χ2v) is 19.4. The Morgan fingerprint density at radius 2 is 0.987 bits per heavy atom. The molecule has 5 rings (SSSR count). The first-order valence-electron chi connectivity index (χ1n) is 25.5. The number of carbonyl (C=O) groups excluding carboxylic acids is 4. The Labute approximate surface area is 440 Å². The minimum absolute atomic E-state index is 0.0984. The minimum Gasteiger partial charge on any atom is -0.494 e. The molecule has 20 atom stereocenters. The van der Waals surface area contributed by atoms with Crippen LogP contribution in [0.4, 0.5) is 0 Å². The van der Waals surface area contributed by atoms with Crippen LogP contribution < -0.4 is 26.0 Å². The van der Waals surface area contributed by atoms with Crippen molar-refractivity contribution in [2.75, 3.05) is 33.0 Å². The molecule has 4 amide bonds. The first kappa shape index (κ1) is 62.4. The predicted molar refractivity (Wildman–Crippen MR) is 261 cm³/mol. The summed E-state index contributed by atoms with van der Waals surface area (Å²) in [5, 5.41) is 109. The first-order valence-corrected chi connectivity index (χ1v) is 25.8. The average molecular weight is 1100 g/mol. The highest BCUT2D eigenvalue weighted by atomic mass is 32.1. The normalized spacial score (nSPS) is 36.0. The van der Waals surface area contributed by atoms with Crippen molar-refractivity contribution >= 4 is 36.5 Å². The lowest BCUT2D eigenvalue weighted by Crippen LogP contribution is -2.71. The van der Waals surface area contributed by atoms with Crippen LogP contribution in [0.1, 0.15) is 95.8 Å². The molecule has 4 aliphatic rings. The maximum Gasteiger partial charge on any atom is 0.251 e. The zero-order chi connectivity index (χ0) is 54.9. The molecule has 428 valence electrons. The van der Waals surface area contributed by atoms with E-state index in [1.165, 1.54) is 44.2 Å². The highest BCUT2D eigenvalue weighted by Gasteiger charge is 2.56. The number of nitrogens with one attached hydrogen (secondary N) is 4. The Bertz CT molecular complexity index is 1930. The molecule has 0 radical (unpaired) electrons. The van der Waals surface area contributed by atoms with Crippen molar-refractivity contribution in [3.05, 3.63) is 29.8 Å². The lowest BCUT2D eigenvalue weighted by atomic mass is 9.93. The van der Waals surface area contributed by atoms with Gasteiger partial charge in [0.05, 0.1) is 33.0 Å². The van der Waals surface area contributed by atoms with Crippen molar-refractivity contribution in [3.8, 4) is 5.75 Å². The summed E-state index contributed by atoms with van der Waals surface area (Å²) in [6.45, 7) is 2.82. The van der Waals surface area contributed by atoms with Gasteiger partial charge in [-0.15, -0.1) is 0 Å². The zero-order valence-electron chi connectivity index (χ0n) is 42.5. The summed E-state index contributed by atoms with van der Waals surface area (Å²) in [4.78, 5) is 51.1. The van der Waals surface area contributed by atoms with Gasteiger partial charge in [-0.1, -0.05) is 64.4 Å². The topological polar surface area (TPSA) is 382 Å². The van der Waals surface area contributed by atoms with Gasteiger partial charge in [0.25, 0.3) is 5.91 Å². The van der Waals surface area contributed by atoms with Gasteiger partial charge in [-0.3, -0.25) is 19.2 Å². The van der Waals surface area contributed by atoms with E-state index in [4.69, 9.17) is 42.1 Å². The molecule has 75 heavy (non-hydrogen) atoms. The second-order valence-electron chi connectivity index (χ2n) is 19.2. The molecule has 0 aromatic heterocycles. The Morgan fingerprint density at radius 3 is 1.47 bits per heavy atom. The molecule has 26 nitrogen and oxygen atoms in total. The van der Waals surface area contributed by atoms with E-state index in [2.05, 4.69) is 41.1 Å². The Morgan fingerprint density at radius 1 is 0.547 bits per heavy atom. The van der Waals surface area contributed by atoms with Crippen LogP contribution in [-0.2, 0) is 51.7 Å². The van der Waals surface area contributed by atoms with Crippen molar-refractivity contribution in [1.82, 2.24) is 21.3 Å². The predicted octanol–water partition coefficient (Wildman–Crippen LogP) is -3.10. The monoisotopic (exact) mass is 1090 g/mol. The number of hydrogen-bond acceptors (Lipinski definition) is 23. The van der Waals surface area contributed by atoms with Crippen LogP contribution in [0.3, 0.4) is 0 Å². The number of hydrogen-bond donors (Lipinski definition) is 14. The average Bonchev–Trinajstić information content (AvgIpc) is 3.37. The Kier molecular flexibility index (Phi) is 25.5. The fraction of sp³-hybridized carbons (Fsp3) is 0.792. The van der Waals surface area contributed by atoms with Gasteiger partial charge in [-0.25, -0.2) is 0 Å². The molecular weight excluding hydrogens is 1020 g/mol. The van der Waals surface area contributed by atoms with Crippen molar-refractivity contribution in [2.24, 2.45) is 0 Å². The molecule has 0 aliphatic carbocycles. The van der Waals surface area contributed by atoms with E-state index in [0.717, 1.165) is 46.5 Å². The van der Waals surface area contributed by atoms with Gasteiger partial charge < -0.3 is 109 Å². The summed E-state index contributed by atoms with van der Waals surface area (Å²) in [6.07, 6.45) is -17.0. The SMILES string of the molecule is CCCCCCCCCCCOc1cccc(C(=O)N[C@@H]2C(OC3C(CO)OC(OC4C(CO)OC(OC5C(COS)OC(O)C(NC(C)=O)C5O)C(NC(C)=O)C4O)C(NC(C)=O)C3O)OC(CO)C(O)C2O)c1. The van der Waals surface area contributed by atoms with Crippen molar-refractivity contribution < 1.29 is 107 Å². The van der Waals surface area contributed by atoms with Gasteiger partial charge in [-0.2, -0.15) is 0 Å². The van der Waals surface area contributed by atoms with Crippen LogP contribution in [0.5, 0.6) is 5.75 Å². The maximum absolute atomic E-state index is 13.8. The molecule has 0 saturated carbocycles. The summed E-state index contributed by atoms with van der Waals surface area (Å²) in [5.74, 6) is -2.49. The summed E-state index contributed by atoms with van der Waals surface area (Å²) in [5.41, 5.74) is 0.0984. The molecule has 0 spiro atoms. The molecule has 4 fully saturated rings. The van der Waals surface area contributed by atoms with E-state index in [9.17, 15) is 65.1 Å².